The zero-order chi connectivity index (χ0) is 21.3. The van der Waals surface area contributed by atoms with Gasteiger partial charge in [0, 0.05) is 42.4 Å². The van der Waals surface area contributed by atoms with E-state index in [0.717, 1.165) is 54.1 Å². The van der Waals surface area contributed by atoms with Crippen molar-refractivity contribution in [1.82, 2.24) is 4.90 Å². The Balaban J connectivity index is 1.60. The van der Waals surface area contributed by atoms with Gasteiger partial charge in [-0.1, -0.05) is 6.92 Å². The highest BCUT2D eigenvalue weighted by molar-refractivity contribution is 5.98. The van der Waals surface area contributed by atoms with Crippen molar-refractivity contribution in [2.75, 3.05) is 32.2 Å². The van der Waals surface area contributed by atoms with Crippen LogP contribution in [0.25, 0.3) is 0 Å². The molecule has 0 N–H and O–H groups in total. The van der Waals surface area contributed by atoms with Gasteiger partial charge in [0.25, 0.3) is 5.91 Å². The van der Waals surface area contributed by atoms with Gasteiger partial charge in [-0.3, -0.25) is 9.59 Å². The molecule has 0 spiro atoms. The maximum atomic E-state index is 13.4. The van der Waals surface area contributed by atoms with Crippen molar-refractivity contribution in [3.63, 3.8) is 0 Å². The van der Waals surface area contributed by atoms with Crippen LogP contribution in [0.5, 0.6) is 11.5 Å². The van der Waals surface area contributed by atoms with Crippen LogP contribution in [0.3, 0.4) is 0 Å². The maximum absolute atomic E-state index is 13.4. The summed E-state index contributed by atoms with van der Waals surface area (Å²) in [7, 11) is 3.27. The zero-order valence-electron chi connectivity index (χ0n) is 17.8. The molecule has 2 aromatic rings. The first-order valence-electron chi connectivity index (χ1n) is 10.5. The zero-order valence-corrected chi connectivity index (χ0v) is 17.8. The molecule has 0 saturated carbocycles. The van der Waals surface area contributed by atoms with Crippen molar-refractivity contribution in [3.05, 3.63) is 53.1 Å². The molecule has 2 aliphatic rings. The van der Waals surface area contributed by atoms with Crippen LogP contribution in [0.4, 0.5) is 5.69 Å². The van der Waals surface area contributed by atoms with E-state index < -0.39 is 0 Å². The van der Waals surface area contributed by atoms with Gasteiger partial charge in [-0.15, -0.1) is 0 Å². The normalized spacial score (nSPS) is 17.8. The van der Waals surface area contributed by atoms with E-state index in [2.05, 4.69) is 0 Å². The van der Waals surface area contributed by atoms with E-state index in [4.69, 9.17) is 9.47 Å². The van der Waals surface area contributed by atoms with Gasteiger partial charge in [0.15, 0.2) is 0 Å². The highest BCUT2D eigenvalue weighted by Gasteiger charge is 2.33. The molecule has 1 atom stereocenters. The number of likely N-dealkylation sites (tertiary alicyclic amines) is 1. The highest BCUT2D eigenvalue weighted by atomic mass is 16.5. The number of anilines is 1. The third-order valence-electron chi connectivity index (χ3n) is 6.14. The van der Waals surface area contributed by atoms with Gasteiger partial charge in [-0.2, -0.15) is 0 Å². The Labute approximate surface area is 177 Å². The van der Waals surface area contributed by atoms with Crippen molar-refractivity contribution in [2.24, 2.45) is 0 Å². The summed E-state index contributed by atoms with van der Waals surface area (Å²) in [6.45, 7) is 3.28. The van der Waals surface area contributed by atoms with Crippen LogP contribution in [0.2, 0.25) is 0 Å². The molecule has 2 amide bonds. The number of hydrogen-bond acceptors (Lipinski definition) is 4. The fourth-order valence-corrected chi connectivity index (χ4v) is 4.58. The van der Waals surface area contributed by atoms with E-state index in [-0.39, 0.29) is 17.9 Å². The molecule has 0 radical (unpaired) electrons. The summed E-state index contributed by atoms with van der Waals surface area (Å²) in [5, 5.41) is 0. The molecule has 4 rings (SSSR count). The topological polar surface area (TPSA) is 59.1 Å². The number of carbonyl (C=O) groups excluding carboxylic acids is 2. The van der Waals surface area contributed by atoms with Crippen molar-refractivity contribution >= 4 is 17.5 Å². The largest absolute Gasteiger partial charge is 0.497 e. The Bertz CT molecular complexity index is 972. The molecule has 1 unspecified atom stereocenters. The van der Waals surface area contributed by atoms with E-state index in [1.807, 2.05) is 53.1 Å². The fraction of sp³-hybridized carbons (Fsp3) is 0.417. The smallest absolute Gasteiger partial charge is 0.254 e. The van der Waals surface area contributed by atoms with Crippen molar-refractivity contribution in [1.29, 1.82) is 0 Å². The molecule has 6 heteroatoms. The number of nitrogens with zero attached hydrogens (tertiary/aromatic N) is 2. The van der Waals surface area contributed by atoms with E-state index >= 15 is 0 Å². The molecule has 6 nitrogen and oxygen atoms in total. The number of carbonyl (C=O) groups is 2. The summed E-state index contributed by atoms with van der Waals surface area (Å²) in [4.78, 5) is 29.3. The van der Waals surface area contributed by atoms with Crippen molar-refractivity contribution < 1.29 is 19.1 Å². The van der Waals surface area contributed by atoms with Crippen LogP contribution in [0.15, 0.2) is 36.4 Å². The van der Waals surface area contributed by atoms with Crippen molar-refractivity contribution in [3.8, 4) is 11.5 Å². The van der Waals surface area contributed by atoms with Crippen LogP contribution in [-0.2, 0) is 11.2 Å². The Hall–Kier alpha value is -3.02. The first kappa shape index (κ1) is 20.3. The molecule has 2 heterocycles. The summed E-state index contributed by atoms with van der Waals surface area (Å²) in [5.41, 5.74) is 3.69. The fourth-order valence-electron chi connectivity index (χ4n) is 4.58. The van der Waals surface area contributed by atoms with Gasteiger partial charge in [-0.05, 0) is 55.2 Å². The second-order valence-corrected chi connectivity index (χ2v) is 7.76. The monoisotopic (exact) mass is 408 g/mol. The van der Waals surface area contributed by atoms with E-state index in [1.54, 1.807) is 14.2 Å². The minimum Gasteiger partial charge on any atom is -0.497 e. The predicted molar refractivity (Wildman–Crippen MR) is 115 cm³/mol. The van der Waals surface area contributed by atoms with Crippen LogP contribution < -0.4 is 14.4 Å². The quantitative estimate of drug-likeness (QED) is 0.751. The van der Waals surface area contributed by atoms with E-state index in [1.165, 1.54) is 0 Å². The standard InChI is InChI=1S/C24H28N2O4/c1-4-23(27)25-13-11-16-14-17(7-10-20(16)25)24(28)26-12-5-6-21(26)19-9-8-18(29-2)15-22(19)30-3/h7-10,14-15,21H,4-6,11-13H2,1-3H3. The van der Waals surface area contributed by atoms with Gasteiger partial charge >= 0.3 is 0 Å². The second-order valence-electron chi connectivity index (χ2n) is 7.76. The van der Waals surface area contributed by atoms with Gasteiger partial charge in [0.2, 0.25) is 5.91 Å². The Morgan fingerprint density at radius 1 is 1.07 bits per heavy atom. The first-order valence-corrected chi connectivity index (χ1v) is 10.5. The lowest BCUT2D eigenvalue weighted by Gasteiger charge is -2.27. The summed E-state index contributed by atoms with van der Waals surface area (Å²) >= 11 is 0. The van der Waals surface area contributed by atoms with Crippen LogP contribution in [0, 0.1) is 0 Å². The Kier molecular flexibility index (Phi) is 5.66. The van der Waals surface area contributed by atoms with Gasteiger partial charge < -0.3 is 19.3 Å². The molecular weight excluding hydrogens is 380 g/mol. The molecule has 30 heavy (non-hydrogen) atoms. The number of methoxy groups -OCH3 is 2. The molecule has 1 saturated heterocycles. The molecular formula is C24H28N2O4. The first-order chi connectivity index (χ1) is 14.6. The summed E-state index contributed by atoms with van der Waals surface area (Å²) < 4.78 is 10.9. The summed E-state index contributed by atoms with van der Waals surface area (Å²) in [5.74, 6) is 1.62. The maximum Gasteiger partial charge on any atom is 0.254 e. The summed E-state index contributed by atoms with van der Waals surface area (Å²) in [6, 6.07) is 11.5. The molecule has 2 aliphatic heterocycles. The number of amides is 2. The number of hydrogen-bond donors (Lipinski definition) is 0. The predicted octanol–water partition coefficient (Wildman–Crippen LogP) is 3.98. The van der Waals surface area contributed by atoms with Gasteiger partial charge in [-0.25, -0.2) is 0 Å². The Morgan fingerprint density at radius 3 is 2.63 bits per heavy atom. The third kappa shape index (κ3) is 3.51. The number of benzene rings is 2. The minimum atomic E-state index is -0.0234. The third-order valence-corrected chi connectivity index (χ3v) is 6.14. The highest BCUT2D eigenvalue weighted by Crippen LogP contribution is 2.40. The Morgan fingerprint density at radius 2 is 1.90 bits per heavy atom. The lowest BCUT2D eigenvalue weighted by atomic mass is 10.0. The van der Waals surface area contributed by atoms with Crippen LogP contribution in [0.1, 0.15) is 53.7 Å². The number of fused-ring (bicyclic) bond motifs is 1. The van der Waals surface area contributed by atoms with Crippen molar-refractivity contribution in [2.45, 2.75) is 38.6 Å². The molecule has 158 valence electrons. The lowest BCUT2D eigenvalue weighted by Crippen LogP contribution is -2.31. The number of rotatable bonds is 5. The van der Waals surface area contributed by atoms with Crippen LogP contribution in [-0.4, -0.2) is 44.0 Å². The molecule has 2 aromatic carbocycles. The second kappa shape index (κ2) is 8.38. The van der Waals surface area contributed by atoms with Gasteiger partial charge in [0.05, 0.1) is 20.3 Å². The van der Waals surface area contributed by atoms with E-state index in [0.29, 0.717) is 18.5 Å². The lowest BCUT2D eigenvalue weighted by molar-refractivity contribution is -0.118. The van der Waals surface area contributed by atoms with E-state index in [9.17, 15) is 9.59 Å². The molecule has 0 bridgehead atoms. The summed E-state index contributed by atoms with van der Waals surface area (Å²) in [6.07, 6.45) is 3.13. The average Bonchev–Trinajstić information content (AvgIpc) is 3.44. The number of ether oxygens (including phenoxy) is 2. The molecule has 1 fully saturated rings. The van der Waals surface area contributed by atoms with Crippen LogP contribution >= 0.6 is 0 Å². The molecule has 0 aliphatic carbocycles. The average molecular weight is 408 g/mol. The van der Waals surface area contributed by atoms with Gasteiger partial charge in [0.1, 0.15) is 11.5 Å². The SMILES string of the molecule is CCC(=O)N1CCc2cc(C(=O)N3CCCC3c3ccc(OC)cc3OC)ccc21. The molecule has 0 aromatic heterocycles. The minimum absolute atomic E-state index is 0.0234.